The molecule has 0 aliphatic carbocycles. The number of halogens is 2. The average molecular weight is 396 g/mol. The lowest BCUT2D eigenvalue weighted by atomic mass is 10.2. The molecule has 1 aliphatic rings. The number of rotatable bonds is 5. The molecule has 4 nitrogen and oxygen atoms in total. The van der Waals surface area contributed by atoms with Gasteiger partial charge in [0.15, 0.2) is 0 Å². The van der Waals surface area contributed by atoms with Crippen LogP contribution in [0, 0.1) is 0 Å². The summed E-state index contributed by atoms with van der Waals surface area (Å²) < 4.78 is 5.75. The maximum Gasteiger partial charge on any atom is 0.293 e. The summed E-state index contributed by atoms with van der Waals surface area (Å²) in [7, 11) is 0. The van der Waals surface area contributed by atoms with Gasteiger partial charge in [-0.15, -0.1) is 0 Å². The summed E-state index contributed by atoms with van der Waals surface area (Å²) in [4.78, 5) is 25.9. The smallest absolute Gasteiger partial charge is 0.293 e. The normalized spacial score (nSPS) is 16.3. The number of furan rings is 1. The average Bonchev–Trinajstić information content (AvgIpc) is 3.15. The Balaban J connectivity index is 1.81. The topological polar surface area (TPSA) is 50.5 Å². The summed E-state index contributed by atoms with van der Waals surface area (Å²) in [5.41, 5.74) is 0.783. The quantitative estimate of drug-likeness (QED) is 0.574. The van der Waals surface area contributed by atoms with Crippen molar-refractivity contribution in [2.75, 3.05) is 6.54 Å². The van der Waals surface area contributed by atoms with Crippen LogP contribution in [0.4, 0.5) is 4.79 Å². The van der Waals surface area contributed by atoms with Crippen LogP contribution in [0.2, 0.25) is 10.0 Å². The predicted octanol–water partition coefficient (Wildman–Crippen LogP) is 6.09. The maximum atomic E-state index is 12.3. The van der Waals surface area contributed by atoms with Gasteiger partial charge in [-0.05, 0) is 48.5 Å². The molecule has 0 saturated carbocycles. The SMILES string of the molecule is CCCCN1C(=O)SC(=Cc2ccc(-c3ccc(Cl)c(Cl)c3)o2)C1=O. The van der Waals surface area contributed by atoms with Crippen molar-refractivity contribution in [3.05, 3.63) is 51.0 Å². The van der Waals surface area contributed by atoms with E-state index in [-0.39, 0.29) is 11.1 Å². The molecule has 0 bridgehead atoms. The second-order valence-electron chi connectivity index (χ2n) is 5.52. The Kier molecular flexibility index (Phi) is 5.57. The third-order valence-electron chi connectivity index (χ3n) is 3.71. The van der Waals surface area contributed by atoms with Crippen molar-refractivity contribution in [2.24, 2.45) is 0 Å². The Labute approximate surface area is 159 Å². The maximum absolute atomic E-state index is 12.3. The Hall–Kier alpha value is -1.69. The van der Waals surface area contributed by atoms with Gasteiger partial charge in [0.05, 0.1) is 15.0 Å². The first-order valence-corrected chi connectivity index (χ1v) is 9.37. The first-order chi connectivity index (χ1) is 12.0. The van der Waals surface area contributed by atoms with Gasteiger partial charge < -0.3 is 4.42 Å². The third-order valence-corrected chi connectivity index (χ3v) is 5.36. The van der Waals surface area contributed by atoms with Crippen LogP contribution in [-0.4, -0.2) is 22.6 Å². The number of thioether (sulfide) groups is 1. The molecule has 0 atom stereocenters. The Bertz CT molecular complexity index is 860. The fourth-order valence-electron chi connectivity index (χ4n) is 2.37. The molecule has 1 aromatic heterocycles. The number of hydrogen-bond acceptors (Lipinski definition) is 4. The van der Waals surface area contributed by atoms with Gasteiger partial charge in [0.2, 0.25) is 0 Å². The highest BCUT2D eigenvalue weighted by Gasteiger charge is 2.34. The van der Waals surface area contributed by atoms with Crippen LogP contribution in [0.25, 0.3) is 17.4 Å². The van der Waals surface area contributed by atoms with Gasteiger partial charge in [0.1, 0.15) is 11.5 Å². The molecule has 1 saturated heterocycles. The molecule has 1 fully saturated rings. The zero-order valence-corrected chi connectivity index (χ0v) is 15.7. The highest BCUT2D eigenvalue weighted by atomic mass is 35.5. The number of carbonyl (C=O) groups excluding carboxylic acids is 2. The highest BCUT2D eigenvalue weighted by Crippen LogP contribution is 2.34. The van der Waals surface area contributed by atoms with E-state index in [9.17, 15) is 9.59 Å². The molecule has 0 unspecified atom stereocenters. The first kappa shape index (κ1) is 18.1. The zero-order valence-electron chi connectivity index (χ0n) is 13.4. The van der Waals surface area contributed by atoms with E-state index in [2.05, 4.69) is 0 Å². The number of nitrogens with zero attached hydrogens (tertiary/aromatic N) is 1. The van der Waals surface area contributed by atoms with Crippen LogP contribution < -0.4 is 0 Å². The van der Waals surface area contributed by atoms with Crippen LogP contribution in [0.1, 0.15) is 25.5 Å². The number of unbranched alkanes of at least 4 members (excludes halogenated alkanes) is 1. The first-order valence-electron chi connectivity index (χ1n) is 7.80. The minimum absolute atomic E-state index is 0.235. The van der Waals surface area contributed by atoms with Gasteiger partial charge in [-0.1, -0.05) is 36.5 Å². The predicted molar refractivity (Wildman–Crippen MR) is 102 cm³/mol. The van der Waals surface area contributed by atoms with Gasteiger partial charge in [-0.3, -0.25) is 14.5 Å². The molecule has 130 valence electrons. The minimum Gasteiger partial charge on any atom is -0.457 e. The molecule has 2 aromatic rings. The van der Waals surface area contributed by atoms with E-state index in [4.69, 9.17) is 27.6 Å². The van der Waals surface area contributed by atoms with Gasteiger partial charge in [0.25, 0.3) is 11.1 Å². The molecule has 2 amide bonds. The molecule has 25 heavy (non-hydrogen) atoms. The second-order valence-corrected chi connectivity index (χ2v) is 7.33. The lowest BCUT2D eigenvalue weighted by Crippen LogP contribution is -2.29. The minimum atomic E-state index is -0.268. The summed E-state index contributed by atoms with van der Waals surface area (Å²) in [5, 5.41) is 0.674. The lowest BCUT2D eigenvalue weighted by Gasteiger charge is -2.10. The number of amides is 2. The van der Waals surface area contributed by atoms with Crippen LogP contribution in [0.15, 0.2) is 39.7 Å². The molecule has 0 spiro atoms. The molecular weight excluding hydrogens is 381 g/mol. The fraction of sp³-hybridized carbons (Fsp3) is 0.222. The molecular formula is C18H15Cl2NO3S. The number of hydrogen-bond donors (Lipinski definition) is 0. The van der Waals surface area contributed by atoms with Crippen molar-refractivity contribution < 1.29 is 14.0 Å². The molecule has 2 heterocycles. The molecule has 7 heteroatoms. The van der Waals surface area contributed by atoms with Crippen molar-refractivity contribution in [2.45, 2.75) is 19.8 Å². The highest BCUT2D eigenvalue weighted by molar-refractivity contribution is 8.18. The fourth-order valence-corrected chi connectivity index (χ4v) is 3.52. The van der Waals surface area contributed by atoms with Crippen molar-refractivity contribution in [1.29, 1.82) is 0 Å². The summed E-state index contributed by atoms with van der Waals surface area (Å²) in [5.74, 6) is 0.841. The Morgan fingerprint density at radius 1 is 1.16 bits per heavy atom. The van der Waals surface area contributed by atoms with E-state index in [1.165, 1.54) is 4.90 Å². The molecule has 1 aromatic carbocycles. The lowest BCUT2D eigenvalue weighted by molar-refractivity contribution is -0.122. The van der Waals surface area contributed by atoms with Crippen LogP contribution in [-0.2, 0) is 4.79 Å². The number of imide groups is 1. The van der Waals surface area contributed by atoms with Crippen molar-refractivity contribution in [3.8, 4) is 11.3 Å². The van der Waals surface area contributed by atoms with Crippen molar-refractivity contribution >= 4 is 52.2 Å². The Morgan fingerprint density at radius 2 is 1.96 bits per heavy atom. The molecule has 3 rings (SSSR count). The number of carbonyl (C=O) groups is 2. The van der Waals surface area contributed by atoms with E-state index in [0.717, 1.165) is 30.2 Å². The van der Waals surface area contributed by atoms with E-state index < -0.39 is 0 Å². The monoisotopic (exact) mass is 395 g/mol. The van der Waals surface area contributed by atoms with Crippen LogP contribution in [0.3, 0.4) is 0 Å². The van der Waals surface area contributed by atoms with Crippen molar-refractivity contribution in [3.63, 3.8) is 0 Å². The summed E-state index contributed by atoms with van der Waals surface area (Å²) in [6, 6.07) is 8.74. The Morgan fingerprint density at radius 3 is 2.68 bits per heavy atom. The molecule has 0 radical (unpaired) electrons. The van der Waals surface area contributed by atoms with Crippen LogP contribution >= 0.6 is 35.0 Å². The standard InChI is InChI=1S/C18H15Cl2NO3S/c1-2-3-8-21-17(22)16(25-18(21)23)10-12-5-7-15(24-12)11-4-6-13(19)14(20)9-11/h4-7,9-10H,2-3,8H2,1H3. The van der Waals surface area contributed by atoms with Gasteiger partial charge >= 0.3 is 0 Å². The van der Waals surface area contributed by atoms with Gasteiger partial charge in [-0.25, -0.2) is 0 Å². The van der Waals surface area contributed by atoms with Gasteiger partial charge in [-0.2, -0.15) is 0 Å². The molecule has 0 N–H and O–H groups in total. The van der Waals surface area contributed by atoms with E-state index in [1.54, 1.807) is 36.4 Å². The van der Waals surface area contributed by atoms with E-state index in [1.807, 2.05) is 6.92 Å². The van der Waals surface area contributed by atoms with Gasteiger partial charge in [0, 0.05) is 18.2 Å². The van der Waals surface area contributed by atoms with Crippen LogP contribution in [0.5, 0.6) is 0 Å². The number of benzene rings is 1. The van der Waals surface area contributed by atoms with E-state index >= 15 is 0 Å². The van der Waals surface area contributed by atoms with E-state index in [0.29, 0.717) is 33.0 Å². The summed E-state index contributed by atoms with van der Waals surface area (Å²) in [6.07, 6.45) is 3.32. The third kappa shape index (κ3) is 3.94. The zero-order chi connectivity index (χ0) is 18.0. The molecule has 1 aliphatic heterocycles. The second kappa shape index (κ2) is 7.68. The summed E-state index contributed by atoms with van der Waals surface area (Å²) in [6.45, 7) is 2.47. The largest absolute Gasteiger partial charge is 0.457 e. The van der Waals surface area contributed by atoms with Crippen molar-refractivity contribution in [1.82, 2.24) is 4.90 Å². The summed E-state index contributed by atoms with van der Waals surface area (Å²) >= 11 is 12.9.